The average molecular weight is 332 g/mol. The Bertz CT molecular complexity index is 554. The van der Waals surface area contributed by atoms with E-state index < -0.39 is 0 Å². The molecule has 0 saturated heterocycles. The van der Waals surface area contributed by atoms with E-state index in [-0.39, 0.29) is 0 Å². The van der Waals surface area contributed by atoms with E-state index in [0.717, 1.165) is 11.6 Å². The average Bonchev–Trinajstić information content (AvgIpc) is 2.74. The van der Waals surface area contributed by atoms with Crippen molar-refractivity contribution in [2.75, 3.05) is 6.54 Å². The van der Waals surface area contributed by atoms with Gasteiger partial charge in [0.15, 0.2) is 0 Å². The fourth-order valence-corrected chi connectivity index (χ4v) is 2.69. The first-order chi connectivity index (χ1) is 9.52. The van der Waals surface area contributed by atoms with Crippen molar-refractivity contribution in [1.82, 2.24) is 15.5 Å². The zero-order valence-electron chi connectivity index (χ0n) is 11.2. The molecule has 0 spiro atoms. The highest BCUT2D eigenvalue weighted by Gasteiger charge is 2.07. The maximum Gasteiger partial charge on any atom is 0.299 e. The van der Waals surface area contributed by atoms with E-state index in [1.54, 1.807) is 18.2 Å². The van der Waals surface area contributed by atoms with Gasteiger partial charge in [0.25, 0.3) is 5.19 Å². The molecule has 2 aromatic rings. The van der Waals surface area contributed by atoms with Gasteiger partial charge < -0.3 is 10.1 Å². The second kappa shape index (κ2) is 7.22. The molecular formula is C13H15Cl2N3OS. The van der Waals surface area contributed by atoms with Gasteiger partial charge in [-0.25, -0.2) is 0 Å². The summed E-state index contributed by atoms with van der Waals surface area (Å²) >= 11 is 13.2. The summed E-state index contributed by atoms with van der Waals surface area (Å²) in [5, 5.41) is 13.8. The number of rotatable bonds is 6. The van der Waals surface area contributed by atoms with Gasteiger partial charge in [0.05, 0.1) is 0 Å². The normalized spacial score (nSPS) is 11.1. The molecule has 0 aliphatic carbocycles. The van der Waals surface area contributed by atoms with Crippen LogP contribution in [0, 0.1) is 5.92 Å². The van der Waals surface area contributed by atoms with Crippen LogP contribution in [0.3, 0.4) is 0 Å². The summed E-state index contributed by atoms with van der Waals surface area (Å²) in [5.74, 6) is 1.16. The molecule has 20 heavy (non-hydrogen) atoms. The van der Waals surface area contributed by atoms with Crippen LogP contribution in [-0.4, -0.2) is 16.7 Å². The summed E-state index contributed by atoms with van der Waals surface area (Å²) in [6, 6.07) is 5.02. The number of hydrogen-bond acceptors (Lipinski definition) is 5. The lowest BCUT2D eigenvalue weighted by molar-refractivity contribution is 0.473. The Morgan fingerprint density at radius 2 is 1.90 bits per heavy atom. The first-order valence-corrected chi connectivity index (χ1v) is 7.77. The molecule has 0 bridgehead atoms. The second-order valence-electron chi connectivity index (χ2n) is 4.69. The minimum atomic E-state index is 0.477. The number of hydrogen-bond donors (Lipinski definition) is 1. The monoisotopic (exact) mass is 331 g/mol. The Kier molecular flexibility index (Phi) is 5.60. The fourth-order valence-electron chi connectivity index (χ4n) is 1.51. The third-order valence-corrected chi connectivity index (χ3v) is 3.56. The van der Waals surface area contributed by atoms with Gasteiger partial charge in [-0.3, -0.25) is 0 Å². The maximum absolute atomic E-state index is 5.91. The van der Waals surface area contributed by atoms with Crippen LogP contribution in [0.1, 0.15) is 18.9 Å². The third kappa shape index (κ3) is 4.90. The summed E-state index contributed by atoms with van der Waals surface area (Å²) in [4.78, 5) is 0. The first-order valence-electron chi connectivity index (χ1n) is 6.20. The van der Waals surface area contributed by atoms with Crippen LogP contribution < -0.4 is 10.1 Å². The molecule has 108 valence electrons. The Labute approximate surface area is 132 Å². The van der Waals surface area contributed by atoms with Crippen molar-refractivity contribution in [2.45, 2.75) is 20.4 Å². The summed E-state index contributed by atoms with van der Waals surface area (Å²) < 4.78 is 5.60. The summed E-state index contributed by atoms with van der Waals surface area (Å²) in [7, 11) is 0. The zero-order valence-corrected chi connectivity index (χ0v) is 13.5. The molecule has 0 unspecified atom stereocenters. The zero-order chi connectivity index (χ0) is 14.5. The van der Waals surface area contributed by atoms with Crippen molar-refractivity contribution < 1.29 is 4.74 Å². The molecule has 0 aliphatic heterocycles. The molecule has 2 rings (SSSR count). The molecular weight excluding hydrogens is 317 g/mol. The van der Waals surface area contributed by atoms with Gasteiger partial charge in [0.1, 0.15) is 10.8 Å². The molecule has 1 aromatic heterocycles. The maximum atomic E-state index is 5.91. The van der Waals surface area contributed by atoms with Gasteiger partial charge in [-0.05, 0) is 30.7 Å². The molecule has 1 N–H and O–H groups in total. The topological polar surface area (TPSA) is 47.0 Å². The minimum absolute atomic E-state index is 0.477. The smallest absolute Gasteiger partial charge is 0.299 e. The molecule has 1 heterocycles. The molecule has 0 aliphatic rings. The summed E-state index contributed by atoms with van der Waals surface area (Å²) in [6.45, 7) is 5.95. The molecule has 0 radical (unpaired) electrons. The van der Waals surface area contributed by atoms with Gasteiger partial charge in [-0.2, -0.15) is 0 Å². The molecule has 0 fully saturated rings. The third-order valence-electron chi connectivity index (χ3n) is 2.32. The van der Waals surface area contributed by atoms with Crippen LogP contribution in [-0.2, 0) is 6.54 Å². The SMILES string of the molecule is CC(C)CNCc1nnc(Oc2cc(Cl)cc(Cl)c2)s1. The van der Waals surface area contributed by atoms with Crippen LogP contribution >= 0.6 is 34.5 Å². The predicted octanol–water partition coefficient (Wildman–Crippen LogP) is 4.38. The summed E-state index contributed by atoms with van der Waals surface area (Å²) in [6.07, 6.45) is 0. The molecule has 0 amide bonds. The highest BCUT2D eigenvalue weighted by atomic mass is 35.5. The Balaban J connectivity index is 1.95. The van der Waals surface area contributed by atoms with Gasteiger partial charge in [-0.1, -0.05) is 53.5 Å². The molecule has 0 saturated carbocycles. The van der Waals surface area contributed by atoms with Crippen molar-refractivity contribution >= 4 is 34.5 Å². The van der Waals surface area contributed by atoms with Crippen LogP contribution in [0.15, 0.2) is 18.2 Å². The number of ether oxygens (including phenoxy) is 1. The van der Waals surface area contributed by atoms with Crippen molar-refractivity contribution in [3.63, 3.8) is 0 Å². The number of nitrogens with zero attached hydrogens (tertiary/aromatic N) is 2. The van der Waals surface area contributed by atoms with E-state index >= 15 is 0 Å². The lowest BCUT2D eigenvalue weighted by Crippen LogP contribution is -2.18. The van der Waals surface area contributed by atoms with Crippen molar-refractivity contribution in [3.8, 4) is 10.9 Å². The lowest BCUT2D eigenvalue weighted by Gasteiger charge is -2.04. The van der Waals surface area contributed by atoms with Crippen LogP contribution in [0.4, 0.5) is 0 Å². The molecule has 4 nitrogen and oxygen atoms in total. The first kappa shape index (κ1) is 15.5. The number of nitrogens with one attached hydrogen (secondary N) is 1. The van der Waals surface area contributed by atoms with Crippen LogP contribution in [0.25, 0.3) is 0 Å². The number of benzene rings is 1. The van der Waals surface area contributed by atoms with Crippen LogP contribution in [0.2, 0.25) is 10.0 Å². The highest BCUT2D eigenvalue weighted by molar-refractivity contribution is 7.13. The van der Waals surface area contributed by atoms with E-state index in [2.05, 4.69) is 29.4 Å². The van der Waals surface area contributed by atoms with E-state index in [1.165, 1.54) is 11.3 Å². The number of halogens is 2. The quantitative estimate of drug-likeness (QED) is 0.853. The predicted molar refractivity (Wildman–Crippen MR) is 83.0 cm³/mol. The molecule has 0 atom stereocenters. The van der Waals surface area contributed by atoms with Gasteiger partial charge in [-0.15, -0.1) is 5.10 Å². The van der Waals surface area contributed by atoms with Crippen molar-refractivity contribution in [2.24, 2.45) is 5.92 Å². The summed E-state index contributed by atoms with van der Waals surface area (Å²) in [5.41, 5.74) is 0. The number of aromatic nitrogens is 2. The van der Waals surface area contributed by atoms with Crippen molar-refractivity contribution in [3.05, 3.63) is 33.3 Å². The van der Waals surface area contributed by atoms with E-state index in [4.69, 9.17) is 27.9 Å². The molecule has 7 heteroatoms. The lowest BCUT2D eigenvalue weighted by atomic mass is 10.2. The second-order valence-corrected chi connectivity index (χ2v) is 6.59. The van der Waals surface area contributed by atoms with Gasteiger partial charge >= 0.3 is 0 Å². The van der Waals surface area contributed by atoms with E-state index in [9.17, 15) is 0 Å². The van der Waals surface area contributed by atoms with E-state index in [0.29, 0.717) is 33.5 Å². The highest BCUT2D eigenvalue weighted by Crippen LogP contribution is 2.29. The Morgan fingerprint density at radius 1 is 1.20 bits per heavy atom. The standard InChI is InChI=1S/C13H15Cl2N3OS/c1-8(2)6-16-7-12-17-18-13(20-12)19-11-4-9(14)3-10(15)5-11/h3-5,8,16H,6-7H2,1-2H3. The Hall–Kier alpha value is -0.880. The Morgan fingerprint density at radius 3 is 2.55 bits per heavy atom. The van der Waals surface area contributed by atoms with Crippen LogP contribution in [0.5, 0.6) is 10.9 Å². The van der Waals surface area contributed by atoms with Gasteiger partial charge in [0, 0.05) is 16.6 Å². The van der Waals surface area contributed by atoms with Gasteiger partial charge in [0.2, 0.25) is 0 Å². The van der Waals surface area contributed by atoms with E-state index in [1.807, 2.05) is 0 Å². The fraction of sp³-hybridized carbons (Fsp3) is 0.385. The largest absolute Gasteiger partial charge is 0.430 e. The minimum Gasteiger partial charge on any atom is -0.430 e. The molecule has 1 aromatic carbocycles. The van der Waals surface area contributed by atoms with Crippen molar-refractivity contribution in [1.29, 1.82) is 0 Å².